The van der Waals surface area contributed by atoms with E-state index < -0.39 is 18.4 Å². The van der Waals surface area contributed by atoms with Gasteiger partial charge in [0.05, 0.1) is 0 Å². The highest BCUT2D eigenvalue weighted by Gasteiger charge is 2.40. The van der Waals surface area contributed by atoms with E-state index in [2.05, 4.69) is 10.1 Å². The van der Waals surface area contributed by atoms with E-state index in [-0.39, 0.29) is 18.2 Å². The summed E-state index contributed by atoms with van der Waals surface area (Å²) in [5.74, 6) is -0.0918. The number of amides is 1. The molecule has 0 unspecified atom stereocenters. The average molecular weight is 347 g/mol. The maximum atomic E-state index is 12.4. The molecule has 1 saturated heterocycles. The lowest BCUT2D eigenvalue weighted by Gasteiger charge is -2.34. The highest BCUT2D eigenvalue weighted by Crippen LogP contribution is 2.25. The average Bonchev–Trinajstić information content (AvgIpc) is 2.58. The molecule has 1 aliphatic rings. The molecule has 1 N–H and O–H groups in total. The molecule has 0 radical (unpaired) electrons. The predicted molar refractivity (Wildman–Crippen MR) is 79.6 cm³/mol. The number of hydrogen-bond donors (Lipinski definition) is 1. The van der Waals surface area contributed by atoms with Crippen LogP contribution in [0.25, 0.3) is 0 Å². The van der Waals surface area contributed by atoms with Gasteiger partial charge in [0, 0.05) is 39.7 Å². The molecule has 1 aromatic rings. The van der Waals surface area contributed by atoms with Gasteiger partial charge in [-0.25, -0.2) is 0 Å². The Labute approximate surface area is 138 Å². The number of alkyl halides is 3. The van der Waals surface area contributed by atoms with E-state index >= 15 is 0 Å². The number of rotatable bonds is 6. The molecule has 2 rings (SSSR count). The monoisotopic (exact) mass is 347 g/mol. The van der Waals surface area contributed by atoms with E-state index in [1.807, 2.05) is 0 Å². The molecule has 1 heterocycles. The molecule has 0 spiro atoms. The van der Waals surface area contributed by atoms with Gasteiger partial charge >= 0.3 is 6.18 Å². The lowest BCUT2D eigenvalue weighted by Crippen LogP contribution is -2.51. The van der Waals surface area contributed by atoms with Gasteiger partial charge in [0.1, 0.15) is 5.75 Å². The molecule has 1 amide bonds. The minimum Gasteiger partial charge on any atom is -0.484 e. The van der Waals surface area contributed by atoms with Crippen LogP contribution in [0.15, 0.2) is 24.3 Å². The number of nitrogens with one attached hydrogen (secondary N) is 1. The fraction of sp³-hybridized carbons (Fsp3) is 0.562. The standard InChI is InChI=1S/C16H20F3NO4/c1-22-15(6-8-23-9-7-15)14(21)20-10-12-2-4-13(5-3-12)24-11-16(17,18)19/h2-5H,6-11H2,1H3,(H,20,21). The third-order valence-electron chi connectivity index (χ3n) is 3.88. The number of methoxy groups -OCH3 is 1. The number of halogens is 3. The molecule has 24 heavy (non-hydrogen) atoms. The largest absolute Gasteiger partial charge is 0.484 e. The van der Waals surface area contributed by atoms with E-state index in [4.69, 9.17) is 9.47 Å². The number of carbonyl (C=O) groups is 1. The molecule has 0 atom stereocenters. The molecule has 5 nitrogen and oxygen atoms in total. The quantitative estimate of drug-likeness (QED) is 0.859. The van der Waals surface area contributed by atoms with Crippen LogP contribution in [0, 0.1) is 0 Å². The van der Waals surface area contributed by atoms with Gasteiger partial charge in [0.25, 0.3) is 5.91 Å². The van der Waals surface area contributed by atoms with Crippen molar-refractivity contribution >= 4 is 5.91 Å². The van der Waals surface area contributed by atoms with Crippen molar-refractivity contribution in [3.05, 3.63) is 29.8 Å². The molecule has 0 aliphatic carbocycles. The first-order valence-electron chi connectivity index (χ1n) is 7.54. The topological polar surface area (TPSA) is 56.8 Å². The van der Waals surface area contributed by atoms with Crippen LogP contribution >= 0.6 is 0 Å². The van der Waals surface area contributed by atoms with Gasteiger partial charge < -0.3 is 19.5 Å². The highest BCUT2D eigenvalue weighted by molar-refractivity contribution is 5.85. The summed E-state index contributed by atoms with van der Waals surface area (Å²) in [6.07, 6.45) is -3.40. The summed E-state index contributed by atoms with van der Waals surface area (Å²) in [5, 5.41) is 2.80. The zero-order valence-electron chi connectivity index (χ0n) is 13.3. The Hall–Kier alpha value is -1.80. The summed E-state index contributed by atoms with van der Waals surface area (Å²) < 4.78 is 51.5. The predicted octanol–water partition coefficient (Wildman–Crippen LogP) is 2.44. The Balaban J connectivity index is 1.86. The van der Waals surface area contributed by atoms with Crippen molar-refractivity contribution in [3.63, 3.8) is 0 Å². The zero-order valence-corrected chi connectivity index (χ0v) is 13.3. The number of hydrogen-bond acceptors (Lipinski definition) is 4. The highest BCUT2D eigenvalue weighted by atomic mass is 19.4. The Morgan fingerprint density at radius 1 is 1.25 bits per heavy atom. The Bertz CT molecular complexity index is 539. The summed E-state index contributed by atoms with van der Waals surface area (Å²) in [5.41, 5.74) is -0.130. The Morgan fingerprint density at radius 3 is 2.42 bits per heavy atom. The minimum absolute atomic E-state index is 0.125. The molecule has 134 valence electrons. The van der Waals surface area contributed by atoms with E-state index in [1.165, 1.54) is 19.2 Å². The summed E-state index contributed by atoms with van der Waals surface area (Å²) in [6.45, 7) is -0.148. The van der Waals surface area contributed by atoms with Crippen LogP contribution in [-0.4, -0.2) is 44.6 Å². The SMILES string of the molecule is COC1(C(=O)NCc2ccc(OCC(F)(F)F)cc2)CCOCC1. The number of ether oxygens (including phenoxy) is 3. The first-order valence-corrected chi connectivity index (χ1v) is 7.54. The fourth-order valence-electron chi connectivity index (χ4n) is 2.44. The second kappa shape index (κ2) is 7.85. The zero-order chi connectivity index (χ0) is 17.6. The maximum Gasteiger partial charge on any atom is 0.422 e. The van der Waals surface area contributed by atoms with Crippen molar-refractivity contribution < 1.29 is 32.2 Å². The fourth-order valence-corrected chi connectivity index (χ4v) is 2.44. The van der Waals surface area contributed by atoms with Crippen LogP contribution in [0.3, 0.4) is 0 Å². The molecule has 8 heteroatoms. The smallest absolute Gasteiger partial charge is 0.422 e. The second-order valence-electron chi connectivity index (χ2n) is 5.54. The Kier molecular flexibility index (Phi) is 6.06. The van der Waals surface area contributed by atoms with Crippen LogP contribution in [0.2, 0.25) is 0 Å². The van der Waals surface area contributed by atoms with Crippen LogP contribution in [0.5, 0.6) is 5.75 Å². The molecular weight excluding hydrogens is 327 g/mol. The third kappa shape index (κ3) is 5.10. The van der Waals surface area contributed by atoms with Gasteiger partial charge in [0.15, 0.2) is 12.2 Å². The van der Waals surface area contributed by atoms with E-state index in [1.54, 1.807) is 12.1 Å². The summed E-state index contributed by atoms with van der Waals surface area (Å²) >= 11 is 0. The van der Waals surface area contributed by atoms with Crippen LogP contribution in [-0.2, 0) is 20.8 Å². The van der Waals surface area contributed by atoms with Crippen molar-refractivity contribution in [2.45, 2.75) is 31.2 Å². The lowest BCUT2D eigenvalue weighted by atomic mass is 9.93. The van der Waals surface area contributed by atoms with Crippen molar-refractivity contribution in [1.29, 1.82) is 0 Å². The molecule has 1 aromatic carbocycles. The van der Waals surface area contributed by atoms with Gasteiger partial charge in [0.2, 0.25) is 0 Å². The van der Waals surface area contributed by atoms with E-state index in [9.17, 15) is 18.0 Å². The normalized spacial score (nSPS) is 17.3. The molecule has 0 saturated carbocycles. The van der Waals surface area contributed by atoms with Gasteiger partial charge in [-0.05, 0) is 17.7 Å². The van der Waals surface area contributed by atoms with Gasteiger partial charge in [-0.3, -0.25) is 4.79 Å². The molecule has 0 aromatic heterocycles. The van der Waals surface area contributed by atoms with Gasteiger partial charge in [-0.15, -0.1) is 0 Å². The van der Waals surface area contributed by atoms with Crippen molar-refractivity contribution in [3.8, 4) is 5.75 Å². The first kappa shape index (κ1) is 18.5. The maximum absolute atomic E-state index is 12.4. The van der Waals surface area contributed by atoms with Crippen LogP contribution in [0.4, 0.5) is 13.2 Å². The summed E-state index contributed by atoms with van der Waals surface area (Å²) in [7, 11) is 1.50. The minimum atomic E-state index is -4.37. The molecule has 0 bridgehead atoms. The van der Waals surface area contributed by atoms with Crippen LogP contribution < -0.4 is 10.1 Å². The van der Waals surface area contributed by atoms with E-state index in [0.717, 1.165) is 5.56 Å². The first-order chi connectivity index (χ1) is 11.3. The van der Waals surface area contributed by atoms with E-state index in [0.29, 0.717) is 26.1 Å². The second-order valence-corrected chi connectivity index (χ2v) is 5.54. The van der Waals surface area contributed by atoms with Crippen molar-refractivity contribution in [2.75, 3.05) is 26.9 Å². The molecule has 1 fully saturated rings. The Morgan fingerprint density at radius 2 is 1.88 bits per heavy atom. The number of carbonyl (C=O) groups excluding carboxylic acids is 1. The van der Waals surface area contributed by atoms with Crippen molar-refractivity contribution in [2.24, 2.45) is 0 Å². The number of benzene rings is 1. The van der Waals surface area contributed by atoms with Gasteiger partial charge in [-0.2, -0.15) is 13.2 Å². The van der Waals surface area contributed by atoms with Crippen LogP contribution in [0.1, 0.15) is 18.4 Å². The molecule has 1 aliphatic heterocycles. The lowest BCUT2D eigenvalue weighted by molar-refractivity contribution is -0.155. The summed E-state index contributed by atoms with van der Waals surface area (Å²) in [6, 6.07) is 6.09. The van der Waals surface area contributed by atoms with Crippen molar-refractivity contribution in [1.82, 2.24) is 5.32 Å². The third-order valence-corrected chi connectivity index (χ3v) is 3.88. The molecular formula is C16H20F3NO4. The van der Waals surface area contributed by atoms with Gasteiger partial charge in [-0.1, -0.05) is 12.1 Å². The summed E-state index contributed by atoms with van der Waals surface area (Å²) in [4.78, 5) is 12.4.